The van der Waals surface area contributed by atoms with Gasteiger partial charge in [0.15, 0.2) is 0 Å². The number of hydrogen-bond acceptors (Lipinski definition) is 4. The molecule has 0 saturated carbocycles. The van der Waals surface area contributed by atoms with Crippen LogP contribution in [0.3, 0.4) is 0 Å². The van der Waals surface area contributed by atoms with E-state index in [1.54, 1.807) is 24.5 Å². The Morgan fingerprint density at radius 1 is 1.00 bits per heavy atom. The highest BCUT2D eigenvalue weighted by Gasteiger charge is 2.07. The van der Waals surface area contributed by atoms with Crippen LogP contribution in [0.2, 0.25) is 0 Å². The highest BCUT2D eigenvalue weighted by molar-refractivity contribution is 6.03. The van der Waals surface area contributed by atoms with Crippen LogP contribution in [0.1, 0.15) is 27.0 Å². The maximum atomic E-state index is 12.1. The summed E-state index contributed by atoms with van der Waals surface area (Å²) in [6.07, 6.45) is 4.80. The zero-order valence-corrected chi connectivity index (χ0v) is 14.5. The summed E-state index contributed by atoms with van der Waals surface area (Å²) >= 11 is 0. The largest absolute Gasteiger partial charge is 0.340 e. The first kappa shape index (κ1) is 16.6. The van der Waals surface area contributed by atoms with E-state index in [0.29, 0.717) is 11.3 Å². The number of anilines is 3. The number of benzene rings is 1. The van der Waals surface area contributed by atoms with E-state index in [-0.39, 0.29) is 5.91 Å². The molecule has 5 heteroatoms. The van der Waals surface area contributed by atoms with Crippen molar-refractivity contribution in [2.75, 3.05) is 10.6 Å². The normalized spacial score (nSPS) is 10.4. The van der Waals surface area contributed by atoms with Gasteiger partial charge in [-0.05, 0) is 56.2 Å². The van der Waals surface area contributed by atoms with Gasteiger partial charge in [0.25, 0.3) is 5.91 Å². The van der Waals surface area contributed by atoms with Crippen molar-refractivity contribution in [3.63, 3.8) is 0 Å². The average molecular weight is 332 g/mol. The fourth-order valence-corrected chi connectivity index (χ4v) is 2.75. The molecular formula is C20H20N4O. The van der Waals surface area contributed by atoms with Crippen molar-refractivity contribution in [1.82, 2.24) is 9.97 Å². The molecule has 5 nitrogen and oxygen atoms in total. The Kier molecular flexibility index (Phi) is 4.75. The molecule has 3 rings (SSSR count). The Labute approximate surface area is 147 Å². The number of nitrogens with one attached hydrogen (secondary N) is 2. The summed E-state index contributed by atoms with van der Waals surface area (Å²) in [5.74, 6) is 0.523. The summed E-state index contributed by atoms with van der Waals surface area (Å²) in [4.78, 5) is 20.4. The van der Waals surface area contributed by atoms with Gasteiger partial charge in [0.1, 0.15) is 5.82 Å². The highest BCUT2D eigenvalue weighted by Crippen LogP contribution is 2.25. The van der Waals surface area contributed by atoms with Gasteiger partial charge in [0.2, 0.25) is 0 Å². The maximum absolute atomic E-state index is 12.1. The molecule has 2 heterocycles. The van der Waals surface area contributed by atoms with Gasteiger partial charge in [-0.25, -0.2) is 4.98 Å². The van der Waals surface area contributed by atoms with Crippen LogP contribution >= 0.6 is 0 Å². The van der Waals surface area contributed by atoms with Crippen molar-refractivity contribution in [3.8, 4) is 0 Å². The summed E-state index contributed by atoms with van der Waals surface area (Å²) in [5.41, 5.74) is 5.79. The second-order valence-electron chi connectivity index (χ2n) is 6.03. The van der Waals surface area contributed by atoms with E-state index in [1.165, 1.54) is 22.9 Å². The SMILES string of the molecule is Cc1cc(C)c(Nc2ccc(NC(=O)c3cccnc3)cn2)c(C)c1. The van der Waals surface area contributed by atoms with Gasteiger partial charge in [-0.2, -0.15) is 0 Å². The van der Waals surface area contributed by atoms with E-state index in [2.05, 4.69) is 53.5 Å². The van der Waals surface area contributed by atoms with Crippen LogP contribution in [0.4, 0.5) is 17.2 Å². The fourth-order valence-electron chi connectivity index (χ4n) is 2.75. The van der Waals surface area contributed by atoms with Crippen molar-refractivity contribution in [1.29, 1.82) is 0 Å². The number of rotatable bonds is 4. The molecule has 2 N–H and O–H groups in total. The number of carbonyl (C=O) groups is 1. The van der Waals surface area contributed by atoms with Gasteiger partial charge >= 0.3 is 0 Å². The Hall–Kier alpha value is -3.21. The molecule has 3 aromatic rings. The van der Waals surface area contributed by atoms with Crippen molar-refractivity contribution >= 4 is 23.1 Å². The van der Waals surface area contributed by atoms with Crippen LogP contribution in [0.5, 0.6) is 0 Å². The minimum absolute atomic E-state index is 0.208. The van der Waals surface area contributed by atoms with Crippen LogP contribution in [-0.2, 0) is 0 Å². The number of aromatic nitrogens is 2. The first-order chi connectivity index (χ1) is 12.0. The molecular weight excluding hydrogens is 312 g/mol. The van der Waals surface area contributed by atoms with Crippen LogP contribution in [-0.4, -0.2) is 15.9 Å². The molecule has 126 valence electrons. The van der Waals surface area contributed by atoms with E-state index in [0.717, 1.165) is 11.5 Å². The zero-order chi connectivity index (χ0) is 17.8. The lowest BCUT2D eigenvalue weighted by Gasteiger charge is -2.13. The zero-order valence-electron chi connectivity index (χ0n) is 14.5. The fraction of sp³-hybridized carbons (Fsp3) is 0.150. The third-order valence-corrected chi connectivity index (χ3v) is 3.88. The monoisotopic (exact) mass is 332 g/mol. The molecule has 0 aliphatic rings. The van der Waals surface area contributed by atoms with Crippen LogP contribution in [0.25, 0.3) is 0 Å². The van der Waals surface area contributed by atoms with Crippen LogP contribution in [0, 0.1) is 20.8 Å². The lowest BCUT2D eigenvalue weighted by molar-refractivity contribution is 0.102. The standard InChI is InChI=1S/C20H20N4O/c1-13-9-14(2)19(15(3)10-13)24-18-7-6-17(12-22-18)23-20(25)16-5-4-8-21-11-16/h4-12H,1-3H3,(H,22,24)(H,23,25). The summed E-state index contributed by atoms with van der Waals surface area (Å²) in [6, 6.07) is 11.4. The van der Waals surface area contributed by atoms with Gasteiger partial charge in [-0.1, -0.05) is 17.7 Å². The number of nitrogens with zero attached hydrogens (tertiary/aromatic N) is 2. The van der Waals surface area contributed by atoms with E-state index in [1.807, 2.05) is 12.1 Å². The molecule has 1 aromatic carbocycles. The molecule has 0 radical (unpaired) electrons. The summed E-state index contributed by atoms with van der Waals surface area (Å²) in [7, 11) is 0. The van der Waals surface area contributed by atoms with Gasteiger partial charge in [-0.15, -0.1) is 0 Å². The number of pyridine rings is 2. The molecule has 1 amide bonds. The Morgan fingerprint density at radius 2 is 1.76 bits per heavy atom. The average Bonchev–Trinajstić information content (AvgIpc) is 2.60. The summed E-state index contributed by atoms with van der Waals surface area (Å²) in [6.45, 7) is 6.23. The first-order valence-electron chi connectivity index (χ1n) is 8.05. The van der Waals surface area contributed by atoms with Gasteiger partial charge < -0.3 is 10.6 Å². The molecule has 0 unspecified atom stereocenters. The Morgan fingerprint density at radius 3 is 2.36 bits per heavy atom. The minimum atomic E-state index is -0.208. The van der Waals surface area contributed by atoms with E-state index < -0.39 is 0 Å². The minimum Gasteiger partial charge on any atom is -0.340 e. The van der Waals surface area contributed by atoms with Crippen molar-refractivity contribution in [3.05, 3.63) is 77.2 Å². The molecule has 0 bridgehead atoms. The summed E-state index contributed by atoms with van der Waals surface area (Å²) in [5, 5.41) is 6.16. The van der Waals surface area contributed by atoms with Crippen LogP contribution < -0.4 is 10.6 Å². The molecule has 0 spiro atoms. The quantitative estimate of drug-likeness (QED) is 0.743. The highest BCUT2D eigenvalue weighted by atomic mass is 16.1. The lowest BCUT2D eigenvalue weighted by atomic mass is 10.1. The topological polar surface area (TPSA) is 66.9 Å². The number of aryl methyl sites for hydroxylation is 3. The second kappa shape index (κ2) is 7.13. The predicted octanol–water partition coefficient (Wildman–Crippen LogP) is 4.40. The molecule has 2 aromatic heterocycles. The van der Waals surface area contributed by atoms with Crippen molar-refractivity contribution in [2.45, 2.75) is 20.8 Å². The predicted molar refractivity (Wildman–Crippen MR) is 100 cm³/mol. The van der Waals surface area contributed by atoms with E-state index >= 15 is 0 Å². The van der Waals surface area contributed by atoms with E-state index in [9.17, 15) is 4.79 Å². The third-order valence-electron chi connectivity index (χ3n) is 3.88. The summed E-state index contributed by atoms with van der Waals surface area (Å²) < 4.78 is 0. The van der Waals surface area contributed by atoms with Gasteiger partial charge in [0, 0.05) is 18.1 Å². The molecule has 0 atom stereocenters. The van der Waals surface area contributed by atoms with Crippen molar-refractivity contribution in [2.24, 2.45) is 0 Å². The first-order valence-corrected chi connectivity index (χ1v) is 8.05. The maximum Gasteiger partial charge on any atom is 0.257 e. The van der Waals surface area contributed by atoms with Crippen molar-refractivity contribution < 1.29 is 4.79 Å². The number of carbonyl (C=O) groups excluding carboxylic acids is 1. The molecule has 0 aliphatic carbocycles. The molecule has 0 saturated heterocycles. The lowest BCUT2D eigenvalue weighted by Crippen LogP contribution is -2.12. The Balaban J connectivity index is 1.72. The molecule has 25 heavy (non-hydrogen) atoms. The van der Waals surface area contributed by atoms with Gasteiger partial charge in [-0.3, -0.25) is 9.78 Å². The Bertz CT molecular complexity index is 866. The molecule has 0 fully saturated rings. The van der Waals surface area contributed by atoms with Gasteiger partial charge in [0.05, 0.1) is 17.4 Å². The van der Waals surface area contributed by atoms with Crippen LogP contribution in [0.15, 0.2) is 55.0 Å². The number of amides is 1. The van der Waals surface area contributed by atoms with E-state index in [4.69, 9.17) is 0 Å². The molecule has 0 aliphatic heterocycles. The second-order valence-corrected chi connectivity index (χ2v) is 6.03. The smallest absolute Gasteiger partial charge is 0.257 e. The third kappa shape index (κ3) is 4.01. The number of hydrogen-bond donors (Lipinski definition) is 2.